The van der Waals surface area contributed by atoms with Crippen LogP contribution in [0.4, 0.5) is 5.82 Å². The van der Waals surface area contributed by atoms with Crippen molar-refractivity contribution in [3.63, 3.8) is 0 Å². The monoisotopic (exact) mass is 301 g/mol. The number of aromatic nitrogens is 4. The highest BCUT2D eigenvalue weighted by Crippen LogP contribution is 2.21. The summed E-state index contributed by atoms with van der Waals surface area (Å²) < 4.78 is 2.63. The van der Waals surface area contributed by atoms with E-state index in [-0.39, 0.29) is 0 Å². The van der Waals surface area contributed by atoms with Gasteiger partial charge in [0.05, 0.1) is 11.0 Å². The van der Waals surface area contributed by atoms with Crippen LogP contribution < -0.4 is 5.32 Å². The van der Waals surface area contributed by atoms with E-state index in [1.165, 1.54) is 6.33 Å². The van der Waals surface area contributed by atoms with Crippen molar-refractivity contribution >= 4 is 33.3 Å². The first-order chi connectivity index (χ1) is 7.75. The molecule has 0 saturated carbocycles. The molecule has 0 unspecified atom stereocenters. The standard InChI is InChI=1S/C9H9BrClN5/c10-7-1-2-8(11)15-9(7)13-3-4-16-6-12-5-14-16/h1-2,5-6H,3-4H2,(H,13,15). The summed E-state index contributed by atoms with van der Waals surface area (Å²) in [5.74, 6) is 0.729. The zero-order valence-electron chi connectivity index (χ0n) is 8.27. The molecule has 1 N–H and O–H groups in total. The second-order valence-electron chi connectivity index (χ2n) is 3.05. The third-order valence-corrected chi connectivity index (χ3v) is 2.76. The minimum atomic E-state index is 0.464. The van der Waals surface area contributed by atoms with E-state index in [4.69, 9.17) is 11.6 Å². The number of hydrogen-bond acceptors (Lipinski definition) is 4. The summed E-state index contributed by atoms with van der Waals surface area (Å²) in [5, 5.41) is 7.62. The highest BCUT2D eigenvalue weighted by molar-refractivity contribution is 9.10. The van der Waals surface area contributed by atoms with Crippen LogP contribution in [0.1, 0.15) is 0 Å². The summed E-state index contributed by atoms with van der Waals surface area (Å²) in [4.78, 5) is 8.01. The van der Waals surface area contributed by atoms with E-state index in [9.17, 15) is 0 Å². The van der Waals surface area contributed by atoms with Crippen molar-refractivity contribution in [2.24, 2.45) is 0 Å². The van der Waals surface area contributed by atoms with Gasteiger partial charge in [-0.2, -0.15) is 5.10 Å². The van der Waals surface area contributed by atoms with Crippen LogP contribution in [0.25, 0.3) is 0 Å². The number of halogens is 2. The second-order valence-corrected chi connectivity index (χ2v) is 4.29. The van der Waals surface area contributed by atoms with Crippen LogP contribution >= 0.6 is 27.5 Å². The van der Waals surface area contributed by atoms with Gasteiger partial charge in [-0.3, -0.25) is 4.68 Å². The van der Waals surface area contributed by atoms with Crippen LogP contribution in [-0.2, 0) is 6.54 Å². The van der Waals surface area contributed by atoms with Crippen LogP contribution in [0, 0.1) is 0 Å². The van der Waals surface area contributed by atoms with Crippen molar-refractivity contribution < 1.29 is 0 Å². The van der Waals surface area contributed by atoms with Gasteiger partial charge in [0, 0.05) is 6.54 Å². The van der Waals surface area contributed by atoms with E-state index in [2.05, 4.69) is 36.3 Å². The van der Waals surface area contributed by atoms with E-state index >= 15 is 0 Å². The average Bonchev–Trinajstić information content (AvgIpc) is 2.76. The lowest BCUT2D eigenvalue weighted by Gasteiger charge is -2.07. The smallest absolute Gasteiger partial charge is 0.142 e. The van der Waals surface area contributed by atoms with Crippen molar-refractivity contribution in [3.8, 4) is 0 Å². The fourth-order valence-corrected chi connectivity index (χ4v) is 1.69. The Morgan fingerprint density at radius 3 is 3.06 bits per heavy atom. The summed E-state index contributed by atoms with van der Waals surface area (Å²) in [5.41, 5.74) is 0. The van der Waals surface area contributed by atoms with Crippen LogP contribution in [0.3, 0.4) is 0 Å². The molecular formula is C9H9BrClN5. The van der Waals surface area contributed by atoms with Gasteiger partial charge in [0.1, 0.15) is 23.6 Å². The first-order valence-electron chi connectivity index (χ1n) is 4.64. The fraction of sp³-hybridized carbons (Fsp3) is 0.222. The number of rotatable bonds is 4. The Morgan fingerprint density at radius 1 is 1.44 bits per heavy atom. The van der Waals surface area contributed by atoms with Gasteiger partial charge in [-0.25, -0.2) is 9.97 Å². The fourth-order valence-electron chi connectivity index (χ4n) is 1.18. The second kappa shape index (κ2) is 5.27. The van der Waals surface area contributed by atoms with E-state index in [0.29, 0.717) is 11.7 Å². The molecule has 0 aromatic carbocycles. The molecule has 0 fully saturated rings. The lowest BCUT2D eigenvalue weighted by atomic mass is 10.4. The summed E-state index contributed by atoms with van der Waals surface area (Å²) in [7, 11) is 0. The van der Waals surface area contributed by atoms with Crippen LogP contribution in [0.2, 0.25) is 5.15 Å². The molecule has 0 aliphatic carbocycles. The first-order valence-corrected chi connectivity index (χ1v) is 5.81. The van der Waals surface area contributed by atoms with Crippen LogP contribution in [0.5, 0.6) is 0 Å². The molecule has 2 aromatic rings. The molecule has 5 nitrogen and oxygen atoms in total. The Balaban J connectivity index is 1.92. The van der Waals surface area contributed by atoms with E-state index in [1.807, 2.05) is 6.07 Å². The molecule has 2 aromatic heterocycles. The third-order valence-electron chi connectivity index (χ3n) is 1.91. The van der Waals surface area contributed by atoms with Gasteiger partial charge in [0.25, 0.3) is 0 Å². The van der Waals surface area contributed by atoms with Crippen molar-refractivity contribution in [1.82, 2.24) is 19.7 Å². The minimum Gasteiger partial charge on any atom is -0.367 e. The maximum absolute atomic E-state index is 5.80. The Bertz CT molecular complexity index is 459. The number of pyridine rings is 1. The zero-order chi connectivity index (χ0) is 11.4. The summed E-state index contributed by atoms with van der Waals surface area (Å²) in [6.07, 6.45) is 3.18. The predicted molar refractivity (Wildman–Crippen MR) is 65.5 cm³/mol. The molecule has 0 spiro atoms. The summed E-state index contributed by atoms with van der Waals surface area (Å²) in [6.45, 7) is 1.43. The molecule has 0 radical (unpaired) electrons. The third kappa shape index (κ3) is 2.93. The number of nitrogens with zero attached hydrogens (tertiary/aromatic N) is 4. The summed E-state index contributed by atoms with van der Waals surface area (Å²) in [6, 6.07) is 3.58. The topological polar surface area (TPSA) is 55.6 Å². The highest BCUT2D eigenvalue weighted by Gasteiger charge is 2.01. The van der Waals surface area contributed by atoms with Crippen LogP contribution in [0.15, 0.2) is 29.3 Å². The Labute approximate surface area is 106 Å². The molecule has 0 bridgehead atoms. The molecule has 7 heteroatoms. The maximum Gasteiger partial charge on any atom is 0.142 e. The van der Waals surface area contributed by atoms with E-state index in [0.717, 1.165) is 16.8 Å². The quantitative estimate of drug-likeness (QED) is 0.880. The maximum atomic E-state index is 5.80. The van der Waals surface area contributed by atoms with Gasteiger partial charge in [0.15, 0.2) is 0 Å². The average molecular weight is 303 g/mol. The molecule has 84 valence electrons. The normalized spacial score (nSPS) is 10.4. The molecule has 0 aliphatic heterocycles. The molecule has 0 aliphatic rings. The van der Waals surface area contributed by atoms with Gasteiger partial charge in [-0.1, -0.05) is 11.6 Å². The van der Waals surface area contributed by atoms with Gasteiger partial charge in [-0.15, -0.1) is 0 Å². The largest absolute Gasteiger partial charge is 0.367 e. The highest BCUT2D eigenvalue weighted by atomic mass is 79.9. The Hall–Kier alpha value is -1.14. The number of anilines is 1. The SMILES string of the molecule is Clc1ccc(Br)c(NCCn2cncn2)n1. The zero-order valence-corrected chi connectivity index (χ0v) is 10.6. The van der Waals surface area contributed by atoms with Crippen molar-refractivity contribution in [2.75, 3.05) is 11.9 Å². The lowest BCUT2D eigenvalue weighted by Crippen LogP contribution is -2.12. The Kier molecular flexibility index (Phi) is 3.74. The number of hydrogen-bond donors (Lipinski definition) is 1. The molecule has 0 amide bonds. The van der Waals surface area contributed by atoms with E-state index in [1.54, 1.807) is 17.1 Å². The minimum absolute atomic E-state index is 0.464. The first kappa shape index (κ1) is 11.3. The van der Waals surface area contributed by atoms with E-state index < -0.39 is 0 Å². The van der Waals surface area contributed by atoms with Gasteiger partial charge in [-0.05, 0) is 28.1 Å². The van der Waals surface area contributed by atoms with Crippen molar-refractivity contribution in [3.05, 3.63) is 34.4 Å². The summed E-state index contributed by atoms with van der Waals surface area (Å²) >= 11 is 9.19. The van der Waals surface area contributed by atoms with Gasteiger partial charge < -0.3 is 5.32 Å². The molecule has 2 heterocycles. The number of nitrogens with one attached hydrogen (secondary N) is 1. The van der Waals surface area contributed by atoms with Crippen LogP contribution in [-0.4, -0.2) is 26.3 Å². The molecule has 0 atom stereocenters. The lowest BCUT2D eigenvalue weighted by molar-refractivity contribution is 0.635. The van der Waals surface area contributed by atoms with Gasteiger partial charge >= 0.3 is 0 Å². The van der Waals surface area contributed by atoms with Crippen molar-refractivity contribution in [2.45, 2.75) is 6.54 Å². The molecular weight excluding hydrogens is 293 g/mol. The van der Waals surface area contributed by atoms with Gasteiger partial charge in [0.2, 0.25) is 0 Å². The molecule has 16 heavy (non-hydrogen) atoms. The molecule has 2 rings (SSSR count). The predicted octanol–water partition coefficient (Wildman–Crippen LogP) is 2.20. The van der Waals surface area contributed by atoms with Crippen molar-refractivity contribution in [1.29, 1.82) is 0 Å². The molecule has 0 saturated heterocycles. The Morgan fingerprint density at radius 2 is 2.31 bits per heavy atom.